The van der Waals surface area contributed by atoms with Gasteiger partial charge in [0.05, 0.1) is 13.7 Å². The molecule has 4 heteroatoms. The van der Waals surface area contributed by atoms with E-state index in [1.165, 1.54) is 5.56 Å². The molecule has 2 aromatic rings. The average molecular weight is 340 g/mol. The summed E-state index contributed by atoms with van der Waals surface area (Å²) < 4.78 is 11.0. The van der Waals surface area contributed by atoms with Gasteiger partial charge < -0.3 is 9.47 Å². The van der Waals surface area contributed by atoms with Gasteiger partial charge in [0.2, 0.25) is 0 Å². The van der Waals surface area contributed by atoms with Gasteiger partial charge in [0.25, 0.3) is 0 Å². The van der Waals surface area contributed by atoms with Gasteiger partial charge in [0, 0.05) is 16.6 Å². The second-order valence-electron chi connectivity index (χ2n) is 5.49. The predicted octanol–water partition coefficient (Wildman–Crippen LogP) is 4.88. The number of ether oxygens (including phenoxy) is 2. The van der Waals surface area contributed by atoms with Crippen LogP contribution in [0.4, 0.5) is 0 Å². The monoisotopic (exact) mass is 340 g/mol. The van der Waals surface area contributed by atoms with Crippen LogP contribution in [0.25, 0.3) is 4.91 Å². The molecule has 1 heterocycles. The van der Waals surface area contributed by atoms with Gasteiger partial charge in [-0.05, 0) is 42.3 Å². The molecule has 0 saturated carbocycles. The summed E-state index contributed by atoms with van der Waals surface area (Å²) in [5.74, 6) is 1.56. The summed E-state index contributed by atoms with van der Waals surface area (Å²) in [6.45, 7) is 2.51. The Morgan fingerprint density at radius 1 is 1.12 bits per heavy atom. The molecule has 0 spiro atoms. The molecule has 2 aromatic carbocycles. The Hall–Kier alpha value is -2.20. The van der Waals surface area contributed by atoms with Crippen LogP contribution >= 0.6 is 11.8 Å². The molecule has 3 rings (SSSR count). The van der Waals surface area contributed by atoms with E-state index in [4.69, 9.17) is 9.47 Å². The number of thioether (sulfide) groups is 1. The van der Waals surface area contributed by atoms with Crippen LogP contribution in [0.5, 0.6) is 11.5 Å². The van der Waals surface area contributed by atoms with E-state index in [0.717, 1.165) is 10.5 Å². The van der Waals surface area contributed by atoms with Crippen molar-refractivity contribution in [2.24, 2.45) is 0 Å². The van der Waals surface area contributed by atoms with Crippen LogP contribution in [0.1, 0.15) is 29.7 Å². The third kappa shape index (κ3) is 3.65. The fourth-order valence-electron chi connectivity index (χ4n) is 2.72. The minimum absolute atomic E-state index is 0.149. The van der Waals surface area contributed by atoms with Crippen molar-refractivity contribution >= 4 is 22.5 Å². The molecule has 1 aliphatic rings. The SMILES string of the molecule is CCOc1cc(C2=CC(=O)CC(c3ccccc3)S2)ccc1OC. The van der Waals surface area contributed by atoms with Crippen molar-refractivity contribution in [2.75, 3.05) is 13.7 Å². The topological polar surface area (TPSA) is 35.5 Å². The van der Waals surface area contributed by atoms with Crippen LogP contribution < -0.4 is 9.47 Å². The zero-order valence-corrected chi connectivity index (χ0v) is 14.6. The van der Waals surface area contributed by atoms with E-state index in [0.29, 0.717) is 24.5 Å². The van der Waals surface area contributed by atoms with Crippen molar-refractivity contribution in [3.8, 4) is 11.5 Å². The molecule has 0 saturated heterocycles. The molecule has 0 amide bonds. The lowest BCUT2D eigenvalue weighted by Gasteiger charge is -2.22. The Kier molecular flexibility index (Phi) is 5.26. The zero-order chi connectivity index (χ0) is 16.9. The number of benzene rings is 2. The first-order valence-corrected chi connectivity index (χ1v) is 8.86. The normalized spacial score (nSPS) is 17.3. The van der Waals surface area contributed by atoms with E-state index < -0.39 is 0 Å². The summed E-state index contributed by atoms with van der Waals surface area (Å²) in [4.78, 5) is 13.2. The van der Waals surface area contributed by atoms with E-state index in [1.54, 1.807) is 24.9 Å². The van der Waals surface area contributed by atoms with Crippen LogP contribution in [0.15, 0.2) is 54.6 Å². The van der Waals surface area contributed by atoms with Gasteiger partial charge in [-0.2, -0.15) is 0 Å². The first kappa shape index (κ1) is 16.7. The lowest BCUT2D eigenvalue weighted by atomic mass is 10.1. The van der Waals surface area contributed by atoms with Crippen molar-refractivity contribution in [3.05, 3.63) is 65.7 Å². The van der Waals surface area contributed by atoms with Gasteiger partial charge in [0.15, 0.2) is 17.3 Å². The fraction of sp³-hybridized carbons (Fsp3) is 0.250. The molecule has 0 radical (unpaired) electrons. The second-order valence-corrected chi connectivity index (χ2v) is 6.74. The van der Waals surface area contributed by atoms with Crippen molar-refractivity contribution in [1.82, 2.24) is 0 Å². The summed E-state index contributed by atoms with van der Waals surface area (Å²) in [7, 11) is 1.63. The van der Waals surface area contributed by atoms with E-state index in [1.807, 2.05) is 43.3 Å². The van der Waals surface area contributed by atoms with Crippen molar-refractivity contribution in [1.29, 1.82) is 0 Å². The van der Waals surface area contributed by atoms with E-state index in [9.17, 15) is 4.79 Å². The number of ketones is 1. The van der Waals surface area contributed by atoms with Gasteiger partial charge in [-0.3, -0.25) is 4.79 Å². The molecule has 1 unspecified atom stereocenters. The van der Waals surface area contributed by atoms with Crippen LogP contribution in [-0.4, -0.2) is 19.5 Å². The highest BCUT2D eigenvalue weighted by molar-refractivity contribution is 8.08. The minimum Gasteiger partial charge on any atom is -0.493 e. The molecular weight excluding hydrogens is 320 g/mol. The number of methoxy groups -OCH3 is 1. The van der Waals surface area contributed by atoms with Gasteiger partial charge >= 0.3 is 0 Å². The molecule has 1 atom stereocenters. The van der Waals surface area contributed by atoms with Crippen LogP contribution in [0.2, 0.25) is 0 Å². The summed E-state index contributed by atoms with van der Waals surface area (Å²) in [6.07, 6.45) is 2.27. The first-order valence-electron chi connectivity index (χ1n) is 7.98. The maximum atomic E-state index is 12.2. The van der Waals surface area contributed by atoms with Crippen LogP contribution in [-0.2, 0) is 4.79 Å². The summed E-state index contributed by atoms with van der Waals surface area (Å²) >= 11 is 1.73. The molecule has 1 aliphatic heterocycles. The highest BCUT2D eigenvalue weighted by Crippen LogP contribution is 2.46. The van der Waals surface area contributed by atoms with Crippen molar-refractivity contribution in [2.45, 2.75) is 18.6 Å². The summed E-state index contributed by atoms with van der Waals surface area (Å²) in [5, 5.41) is 0.149. The van der Waals surface area contributed by atoms with Gasteiger partial charge in [0.1, 0.15) is 0 Å². The van der Waals surface area contributed by atoms with Crippen LogP contribution in [0, 0.1) is 0 Å². The highest BCUT2D eigenvalue weighted by Gasteiger charge is 2.24. The first-order chi connectivity index (χ1) is 11.7. The number of hydrogen-bond donors (Lipinski definition) is 0. The lowest BCUT2D eigenvalue weighted by molar-refractivity contribution is -0.114. The largest absolute Gasteiger partial charge is 0.493 e. The molecule has 124 valence electrons. The molecular formula is C20H20O3S. The third-order valence-corrected chi connectivity index (χ3v) is 5.20. The average Bonchev–Trinajstić information content (AvgIpc) is 2.62. The Labute approximate surface area is 146 Å². The lowest BCUT2D eigenvalue weighted by Crippen LogP contribution is -2.08. The molecule has 0 bridgehead atoms. The minimum atomic E-state index is 0.149. The fourth-order valence-corrected chi connectivity index (χ4v) is 4.03. The predicted molar refractivity (Wildman–Crippen MR) is 98.5 cm³/mol. The van der Waals surface area contributed by atoms with E-state index in [-0.39, 0.29) is 11.0 Å². The number of allylic oxidation sites excluding steroid dienone is 1. The molecule has 0 N–H and O–H groups in total. The molecule has 24 heavy (non-hydrogen) atoms. The zero-order valence-electron chi connectivity index (χ0n) is 13.8. The molecule has 3 nitrogen and oxygen atoms in total. The van der Waals surface area contributed by atoms with Gasteiger partial charge in [-0.15, -0.1) is 11.8 Å². The quantitative estimate of drug-likeness (QED) is 0.777. The van der Waals surface area contributed by atoms with Gasteiger partial charge in [-0.1, -0.05) is 30.3 Å². The standard InChI is InChI=1S/C20H20O3S/c1-3-23-18-11-15(9-10-17(18)22-2)20-13-16(21)12-19(24-20)14-7-5-4-6-8-14/h4-11,13,19H,3,12H2,1-2H3. The van der Waals surface area contributed by atoms with E-state index in [2.05, 4.69) is 12.1 Å². The summed E-state index contributed by atoms with van der Waals surface area (Å²) in [6, 6.07) is 16.0. The number of carbonyl (C=O) groups excluding carboxylic acids is 1. The Bertz CT molecular complexity index is 753. The smallest absolute Gasteiger partial charge is 0.161 e. The van der Waals surface area contributed by atoms with Gasteiger partial charge in [-0.25, -0.2) is 0 Å². The van der Waals surface area contributed by atoms with Crippen LogP contribution in [0.3, 0.4) is 0 Å². The Balaban J connectivity index is 1.91. The van der Waals surface area contributed by atoms with Crippen molar-refractivity contribution < 1.29 is 14.3 Å². The van der Waals surface area contributed by atoms with E-state index >= 15 is 0 Å². The number of hydrogen-bond acceptors (Lipinski definition) is 4. The number of rotatable bonds is 5. The summed E-state index contributed by atoms with van der Waals surface area (Å²) in [5.41, 5.74) is 2.17. The van der Waals surface area contributed by atoms with Crippen molar-refractivity contribution in [3.63, 3.8) is 0 Å². The molecule has 0 aliphatic carbocycles. The number of carbonyl (C=O) groups is 1. The highest BCUT2D eigenvalue weighted by atomic mass is 32.2. The maximum Gasteiger partial charge on any atom is 0.161 e. The molecule has 0 aromatic heterocycles. The molecule has 0 fully saturated rings. The third-order valence-electron chi connectivity index (χ3n) is 3.87. The maximum absolute atomic E-state index is 12.2. The Morgan fingerprint density at radius 3 is 2.62 bits per heavy atom. The Morgan fingerprint density at radius 2 is 1.92 bits per heavy atom. The second kappa shape index (κ2) is 7.58.